The van der Waals surface area contributed by atoms with Gasteiger partial charge in [-0.25, -0.2) is 9.59 Å². The van der Waals surface area contributed by atoms with Crippen LogP contribution in [0.25, 0.3) is 0 Å². The Morgan fingerprint density at radius 3 is 2.19 bits per heavy atom. The summed E-state index contributed by atoms with van der Waals surface area (Å²) < 4.78 is 4.89. The third-order valence-electron chi connectivity index (χ3n) is 1.97. The fourth-order valence-corrected chi connectivity index (χ4v) is 1.13. The number of hydrogen-bond donors (Lipinski definition) is 1. The van der Waals surface area contributed by atoms with Gasteiger partial charge in [0.05, 0.1) is 6.54 Å². The Bertz CT molecular complexity index is 292. The summed E-state index contributed by atoms with van der Waals surface area (Å²) in [5.74, 6) is -0.460. The summed E-state index contributed by atoms with van der Waals surface area (Å²) in [5.41, 5.74) is 5.18. The van der Waals surface area contributed by atoms with Crippen LogP contribution in [0.5, 0.6) is 0 Å². The number of ether oxygens (including phenoxy) is 1. The number of nitrogens with zero attached hydrogens (tertiary/aromatic N) is 1. The summed E-state index contributed by atoms with van der Waals surface area (Å²) in [5, 5.41) is 0. The Morgan fingerprint density at radius 1 is 1.38 bits per heavy atom. The van der Waals surface area contributed by atoms with E-state index in [-0.39, 0.29) is 18.7 Å². The zero-order valence-electron chi connectivity index (χ0n) is 10.4. The fourth-order valence-electron chi connectivity index (χ4n) is 1.13. The van der Waals surface area contributed by atoms with E-state index in [1.807, 2.05) is 20.8 Å². The van der Waals surface area contributed by atoms with Crippen molar-refractivity contribution < 1.29 is 14.3 Å². The van der Waals surface area contributed by atoms with Crippen LogP contribution < -0.4 is 5.73 Å². The molecule has 0 aliphatic carbocycles. The molecule has 0 atom stereocenters. The van der Waals surface area contributed by atoms with E-state index in [2.05, 4.69) is 6.58 Å². The summed E-state index contributed by atoms with van der Waals surface area (Å²) in [6.07, 6.45) is 0. The minimum Gasteiger partial charge on any atom is -0.460 e. The molecule has 0 aliphatic rings. The molecule has 0 aliphatic heterocycles. The van der Waals surface area contributed by atoms with Crippen LogP contribution in [0.3, 0.4) is 0 Å². The smallest absolute Gasteiger partial charge is 0.333 e. The van der Waals surface area contributed by atoms with Gasteiger partial charge in [0.1, 0.15) is 6.61 Å². The van der Waals surface area contributed by atoms with E-state index in [0.717, 1.165) is 0 Å². The molecule has 0 unspecified atom stereocenters. The largest absolute Gasteiger partial charge is 0.460 e. The number of rotatable bonds is 4. The normalized spacial score (nSPS) is 10.8. The van der Waals surface area contributed by atoms with Gasteiger partial charge in [-0.3, -0.25) is 0 Å². The minimum atomic E-state index is -0.529. The summed E-state index contributed by atoms with van der Waals surface area (Å²) >= 11 is 0. The van der Waals surface area contributed by atoms with Crippen molar-refractivity contribution in [3.05, 3.63) is 12.2 Å². The molecule has 0 rings (SSSR count). The molecule has 0 aromatic heterocycles. The maximum Gasteiger partial charge on any atom is 0.333 e. The van der Waals surface area contributed by atoms with Crippen LogP contribution in [0.2, 0.25) is 0 Å². The number of amides is 2. The number of nitrogens with two attached hydrogens (primary N) is 1. The molecule has 0 spiro atoms. The number of carbonyl (C=O) groups excluding carboxylic acids is 2. The van der Waals surface area contributed by atoms with E-state index in [9.17, 15) is 9.59 Å². The van der Waals surface area contributed by atoms with Gasteiger partial charge >= 0.3 is 12.0 Å². The van der Waals surface area contributed by atoms with Crippen molar-refractivity contribution in [1.29, 1.82) is 0 Å². The molecule has 0 saturated carbocycles. The van der Waals surface area contributed by atoms with E-state index < -0.39 is 12.0 Å². The van der Waals surface area contributed by atoms with E-state index in [0.29, 0.717) is 5.57 Å². The molecule has 0 aromatic rings. The second kappa shape index (κ2) is 5.53. The number of hydrogen-bond acceptors (Lipinski definition) is 3. The molecular formula is C11H20N2O3. The molecule has 0 radical (unpaired) electrons. The van der Waals surface area contributed by atoms with E-state index in [1.165, 1.54) is 4.90 Å². The highest BCUT2D eigenvalue weighted by Crippen LogP contribution is 2.12. The van der Waals surface area contributed by atoms with Crippen LogP contribution in [0.1, 0.15) is 27.7 Å². The summed E-state index contributed by atoms with van der Waals surface area (Å²) in [6, 6.07) is -0.529. The van der Waals surface area contributed by atoms with Crippen molar-refractivity contribution in [2.45, 2.75) is 33.2 Å². The van der Waals surface area contributed by atoms with Gasteiger partial charge in [0.15, 0.2) is 0 Å². The zero-order valence-corrected chi connectivity index (χ0v) is 10.4. The third-order valence-corrected chi connectivity index (χ3v) is 1.97. The van der Waals surface area contributed by atoms with Crippen LogP contribution >= 0.6 is 0 Å². The zero-order chi connectivity index (χ0) is 12.9. The van der Waals surface area contributed by atoms with E-state index >= 15 is 0 Å². The Morgan fingerprint density at radius 2 is 1.88 bits per heavy atom. The maximum atomic E-state index is 11.1. The second-order valence-corrected chi connectivity index (χ2v) is 4.58. The van der Waals surface area contributed by atoms with Crippen molar-refractivity contribution in [3.63, 3.8) is 0 Å². The summed E-state index contributed by atoms with van der Waals surface area (Å²) in [4.78, 5) is 23.7. The SMILES string of the molecule is C=C(C)C(=O)OCCN(C(N)=O)C(C)(C)C. The van der Waals surface area contributed by atoms with Gasteiger partial charge in [-0.1, -0.05) is 6.58 Å². The number of urea groups is 1. The minimum absolute atomic E-state index is 0.117. The van der Waals surface area contributed by atoms with Crippen molar-refractivity contribution in [2.75, 3.05) is 13.2 Å². The first-order valence-corrected chi connectivity index (χ1v) is 5.06. The van der Waals surface area contributed by atoms with Gasteiger partial charge in [-0.15, -0.1) is 0 Å². The first-order valence-electron chi connectivity index (χ1n) is 5.06. The predicted octanol–water partition coefficient (Wildman–Crippen LogP) is 1.28. The Kier molecular flexibility index (Phi) is 5.01. The molecule has 2 amide bonds. The van der Waals surface area contributed by atoms with E-state index in [4.69, 9.17) is 10.5 Å². The summed E-state index contributed by atoms with van der Waals surface area (Å²) in [7, 11) is 0. The Labute approximate surface area is 96.2 Å². The van der Waals surface area contributed by atoms with Gasteiger partial charge < -0.3 is 15.4 Å². The molecule has 92 valence electrons. The Hall–Kier alpha value is -1.52. The lowest BCUT2D eigenvalue weighted by Gasteiger charge is -2.33. The quantitative estimate of drug-likeness (QED) is 0.582. The van der Waals surface area contributed by atoms with Crippen molar-refractivity contribution in [1.82, 2.24) is 4.90 Å². The monoisotopic (exact) mass is 228 g/mol. The topological polar surface area (TPSA) is 72.6 Å². The molecule has 5 heteroatoms. The van der Waals surface area contributed by atoms with Crippen molar-refractivity contribution >= 4 is 12.0 Å². The lowest BCUT2D eigenvalue weighted by atomic mass is 10.1. The van der Waals surface area contributed by atoms with E-state index in [1.54, 1.807) is 6.92 Å². The van der Waals surface area contributed by atoms with Gasteiger partial charge in [-0.05, 0) is 27.7 Å². The number of esters is 1. The highest BCUT2D eigenvalue weighted by atomic mass is 16.5. The standard InChI is InChI=1S/C11H20N2O3/c1-8(2)9(14)16-7-6-13(10(12)15)11(3,4)5/h1,6-7H2,2-5H3,(H2,12,15). The molecule has 5 nitrogen and oxygen atoms in total. The molecular weight excluding hydrogens is 208 g/mol. The highest BCUT2D eigenvalue weighted by Gasteiger charge is 2.24. The molecule has 0 fully saturated rings. The predicted molar refractivity (Wildman–Crippen MR) is 61.8 cm³/mol. The van der Waals surface area contributed by atoms with Crippen LogP contribution in [-0.4, -0.2) is 35.6 Å². The lowest BCUT2D eigenvalue weighted by molar-refractivity contribution is -0.139. The van der Waals surface area contributed by atoms with Crippen molar-refractivity contribution in [2.24, 2.45) is 5.73 Å². The van der Waals surface area contributed by atoms with Crippen LogP contribution in [-0.2, 0) is 9.53 Å². The fraction of sp³-hybridized carbons (Fsp3) is 0.636. The van der Waals surface area contributed by atoms with Gasteiger partial charge in [0.2, 0.25) is 0 Å². The molecule has 0 saturated heterocycles. The molecule has 0 heterocycles. The highest BCUT2D eigenvalue weighted by molar-refractivity contribution is 5.86. The average Bonchev–Trinajstić information content (AvgIpc) is 2.08. The van der Waals surface area contributed by atoms with Crippen LogP contribution in [0.4, 0.5) is 4.79 Å². The molecule has 0 bridgehead atoms. The van der Waals surface area contributed by atoms with Gasteiger partial charge in [0, 0.05) is 11.1 Å². The number of primary amides is 1. The Balaban J connectivity index is 4.21. The van der Waals surface area contributed by atoms with Gasteiger partial charge in [0.25, 0.3) is 0 Å². The second-order valence-electron chi connectivity index (χ2n) is 4.58. The molecule has 0 aromatic carbocycles. The maximum absolute atomic E-state index is 11.1. The number of carbonyl (C=O) groups is 2. The average molecular weight is 228 g/mol. The first kappa shape index (κ1) is 14.5. The molecule has 2 N–H and O–H groups in total. The van der Waals surface area contributed by atoms with Crippen LogP contribution in [0.15, 0.2) is 12.2 Å². The van der Waals surface area contributed by atoms with Gasteiger partial charge in [-0.2, -0.15) is 0 Å². The first-order chi connectivity index (χ1) is 7.16. The lowest BCUT2D eigenvalue weighted by Crippen LogP contribution is -2.49. The van der Waals surface area contributed by atoms with Crippen LogP contribution in [0, 0.1) is 0 Å². The van der Waals surface area contributed by atoms with Crippen molar-refractivity contribution in [3.8, 4) is 0 Å². The molecule has 16 heavy (non-hydrogen) atoms. The summed E-state index contributed by atoms with van der Waals surface area (Å²) in [6.45, 7) is 11.0. The third kappa shape index (κ3) is 4.82.